The summed E-state index contributed by atoms with van der Waals surface area (Å²) in [6.07, 6.45) is 2.39. The van der Waals surface area contributed by atoms with E-state index in [2.05, 4.69) is 6.58 Å². The lowest BCUT2D eigenvalue weighted by Crippen LogP contribution is -2.16. The zero-order chi connectivity index (χ0) is 14.5. The molecule has 0 saturated carbocycles. The second kappa shape index (κ2) is 6.58. The van der Waals surface area contributed by atoms with Gasteiger partial charge < -0.3 is 4.74 Å². The molecule has 0 aromatic carbocycles. The van der Waals surface area contributed by atoms with Crippen LogP contribution in [0.15, 0.2) is 35.1 Å². The van der Waals surface area contributed by atoms with Crippen LogP contribution in [-0.2, 0) is 9.53 Å². The van der Waals surface area contributed by atoms with E-state index in [1.807, 2.05) is 54.5 Å². The van der Waals surface area contributed by atoms with Crippen molar-refractivity contribution in [3.63, 3.8) is 0 Å². The van der Waals surface area contributed by atoms with Crippen LogP contribution in [0.3, 0.4) is 0 Å². The third kappa shape index (κ3) is 7.10. The molecule has 0 aliphatic rings. The Labute approximate surface area is 111 Å². The average Bonchev–Trinajstić information content (AvgIpc) is 2.09. The third-order valence-corrected chi connectivity index (χ3v) is 2.14. The van der Waals surface area contributed by atoms with Crippen molar-refractivity contribution >= 4 is 5.97 Å². The van der Waals surface area contributed by atoms with Gasteiger partial charge in [-0.05, 0) is 44.3 Å². The van der Waals surface area contributed by atoms with Crippen molar-refractivity contribution in [1.82, 2.24) is 0 Å². The van der Waals surface area contributed by atoms with Crippen LogP contribution in [0.2, 0.25) is 0 Å². The van der Waals surface area contributed by atoms with Gasteiger partial charge in [-0.2, -0.15) is 0 Å². The molecule has 0 saturated heterocycles. The van der Waals surface area contributed by atoms with Crippen molar-refractivity contribution in [3.05, 3.63) is 35.1 Å². The van der Waals surface area contributed by atoms with Crippen molar-refractivity contribution in [2.24, 2.45) is 5.41 Å². The first kappa shape index (κ1) is 16.7. The molecule has 18 heavy (non-hydrogen) atoms. The maximum Gasteiger partial charge on any atom is 0.311 e. The molecule has 0 radical (unpaired) electrons. The summed E-state index contributed by atoms with van der Waals surface area (Å²) in [7, 11) is 0. The van der Waals surface area contributed by atoms with Crippen LogP contribution >= 0.6 is 0 Å². The van der Waals surface area contributed by atoms with Gasteiger partial charge in [0.05, 0.1) is 6.42 Å². The van der Waals surface area contributed by atoms with Crippen LogP contribution in [0.4, 0.5) is 0 Å². The Morgan fingerprint density at radius 2 is 1.67 bits per heavy atom. The van der Waals surface area contributed by atoms with Crippen LogP contribution in [0.25, 0.3) is 0 Å². The first-order valence-electron chi connectivity index (χ1n) is 6.25. The highest BCUT2D eigenvalue weighted by Crippen LogP contribution is 2.23. The van der Waals surface area contributed by atoms with Crippen LogP contribution in [0.5, 0.6) is 0 Å². The molecule has 0 bridgehead atoms. The van der Waals surface area contributed by atoms with Crippen molar-refractivity contribution in [2.45, 2.75) is 54.9 Å². The molecule has 0 unspecified atom stereocenters. The van der Waals surface area contributed by atoms with Gasteiger partial charge in [0.2, 0.25) is 0 Å². The summed E-state index contributed by atoms with van der Waals surface area (Å²) in [6.45, 7) is 17.7. The lowest BCUT2D eigenvalue weighted by Gasteiger charge is -2.18. The Hall–Kier alpha value is -1.31. The molecule has 102 valence electrons. The van der Waals surface area contributed by atoms with Crippen molar-refractivity contribution in [3.8, 4) is 0 Å². The minimum atomic E-state index is -0.206. The summed E-state index contributed by atoms with van der Waals surface area (Å²) < 4.78 is 5.45. The topological polar surface area (TPSA) is 26.3 Å². The number of hydrogen-bond acceptors (Lipinski definition) is 2. The smallest absolute Gasteiger partial charge is 0.311 e. The molecule has 0 heterocycles. The molecule has 0 N–H and O–H groups in total. The van der Waals surface area contributed by atoms with Gasteiger partial charge in [-0.3, -0.25) is 4.79 Å². The maximum atomic E-state index is 11.8. The zero-order valence-corrected chi connectivity index (χ0v) is 12.8. The Kier molecular flexibility index (Phi) is 6.10. The molecule has 0 fully saturated rings. The predicted molar refractivity (Wildman–Crippen MR) is 77.1 cm³/mol. The summed E-state index contributed by atoms with van der Waals surface area (Å²) in [6, 6.07) is 0. The Balaban J connectivity index is 5.03. The second-order valence-electron chi connectivity index (χ2n) is 6.23. The predicted octanol–water partition coefficient (Wildman–Crippen LogP) is 4.78. The number of carbonyl (C=O) groups is 1. The highest BCUT2D eigenvalue weighted by atomic mass is 16.5. The fraction of sp³-hybridized carbons (Fsp3) is 0.562. The molecule has 0 amide bonds. The minimum Gasteiger partial charge on any atom is -0.426 e. The van der Waals surface area contributed by atoms with Crippen LogP contribution in [0, 0.1) is 5.41 Å². The average molecular weight is 250 g/mol. The summed E-state index contributed by atoms with van der Waals surface area (Å²) in [5.74, 6) is 0.382. The van der Waals surface area contributed by atoms with E-state index in [0.717, 1.165) is 16.7 Å². The van der Waals surface area contributed by atoms with Gasteiger partial charge in [-0.15, -0.1) is 0 Å². The van der Waals surface area contributed by atoms with Crippen molar-refractivity contribution in [1.29, 1.82) is 0 Å². The van der Waals surface area contributed by atoms with E-state index >= 15 is 0 Å². The Morgan fingerprint density at radius 1 is 1.17 bits per heavy atom. The number of esters is 1. The third-order valence-electron chi connectivity index (χ3n) is 2.14. The molecule has 0 aromatic heterocycles. The molecule has 0 aliphatic heterocycles. The van der Waals surface area contributed by atoms with E-state index in [1.54, 1.807) is 0 Å². The first-order chi connectivity index (χ1) is 8.03. The molecule has 2 nitrogen and oxygen atoms in total. The normalized spacial score (nSPS) is 12.6. The Bertz CT molecular complexity index is 386. The molecule has 0 atom stereocenters. The molecule has 0 spiro atoms. The number of allylic oxidation sites excluding steroid dienone is 4. The van der Waals surface area contributed by atoms with Gasteiger partial charge >= 0.3 is 5.97 Å². The van der Waals surface area contributed by atoms with Gasteiger partial charge in [0.1, 0.15) is 5.76 Å². The van der Waals surface area contributed by atoms with Crippen molar-refractivity contribution in [2.75, 3.05) is 0 Å². The largest absolute Gasteiger partial charge is 0.426 e. The summed E-state index contributed by atoms with van der Waals surface area (Å²) in [5.41, 5.74) is 2.80. The highest BCUT2D eigenvalue weighted by Gasteiger charge is 2.19. The van der Waals surface area contributed by atoms with Crippen LogP contribution in [-0.4, -0.2) is 5.97 Å². The molecular formula is C16H26O2. The standard InChI is InChI=1S/C16H26O2/c1-11(2)9-13(5)15(12(3)4)18-14(17)10-16(6,7)8/h9H,3,10H2,1-2,4-8H3. The van der Waals surface area contributed by atoms with Crippen molar-refractivity contribution < 1.29 is 9.53 Å². The monoisotopic (exact) mass is 250 g/mol. The number of ether oxygens (including phenoxy) is 1. The lowest BCUT2D eigenvalue weighted by molar-refractivity contribution is -0.141. The molecule has 0 rings (SSSR count). The van der Waals surface area contributed by atoms with E-state index in [9.17, 15) is 4.79 Å². The first-order valence-corrected chi connectivity index (χ1v) is 6.25. The highest BCUT2D eigenvalue weighted by molar-refractivity contribution is 5.72. The minimum absolute atomic E-state index is 0.0678. The summed E-state index contributed by atoms with van der Waals surface area (Å²) in [4.78, 5) is 11.8. The van der Waals surface area contributed by atoms with E-state index in [4.69, 9.17) is 4.74 Å². The van der Waals surface area contributed by atoms with Crippen LogP contribution in [0.1, 0.15) is 54.9 Å². The van der Waals surface area contributed by atoms with Gasteiger partial charge in [-0.25, -0.2) is 0 Å². The molecular weight excluding hydrogens is 224 g/mol. The van der Waals surface area contributed by atoms with Gasteiger partial charge in [-0.1, -0.05) is 39.0 Å². The summed E-state index contributed by atoms with van der Waals surface area (Å²) >= 11 is 0. The fourth-order valence-corrected chi connectivity index (χ4v) is 1.59. The van der Waals surface area contributed by atoms with E-state index in [-0.39, 0.29) is 11.4 Å². The van der Waals surface area contributed by atoms with Gasteiger partial charge in [0, 0.05) is 0 Å². The number of carbonyl (C=O) groups excluding carboxylic acids is 1. The molecule has 0 aromatic rings. The summed E-state index contributed by atoms with van der Waals surface area (Å²) in [5, 5.41) is 0. The van der Waals surface area contributed by atoms with Gasteiger partial charge in [0.25, 0.3) is 0 Å². The quantitative estimate of drug-likeness (QED) is 0.407. The zero-order valence-electron chi connectivity index (χ0n) is 12.8. The number of hydrogen-bond donors (Lipinski definition) is 0. The SMILES string of the molecule is C=C(C)C(OC(=O)CC(C)(C)C)=C(C)C=C(C)C. The van der Waals surface area contributed by atoms with E-state index in [1.165, 1.54) is 0 Å². The second-order valence-corrected chi connectivity index (χ2v) is 6.23. The lowest BCUT2D eigenvalue weighted by atomic mass is 9.92. The van der Waals surface area contributed by atoms with E-state index < -0.39 is 0 Å². The molecule has 2 heteroatoms. The number of rotatable bonds is 4. The maximum absolute atomic E-state index is 11.8. The van der Waals surface area contributed by atoms with Crippen LogP contribution < -0.4 is 0 Å². The Morgan fingerprint density at radius 3 is 2.00 bits per heavy atom. The van der Waals surface area contributed by atoms with Gasteiger partial charge in [0.15, 0.2) is 0 Å². The fourth-order valence-electron chi connectivity index (χ4n) is 1.59. The molecule has 0 aliphatic carbocycles. The van der Waals surface area contributed by atoms with E-state index in [0.29, 0.717) is 12.2 Å².